The van der Waals surface area contributed by atoms with Gasteiger partial charge in [-0.2, -0.15) is 5.26 Å². The molecule has 1 heterocycles. The summed E-state index contributed by atoms with van der Waals surface area (Å²) >= 11 is 0. The van der Waals surface area contributed by atoms with Crippen LogP contribution in [0.25, 0.3) is 0 Å². The molecule has 0 saturated carbocycles. The van der Waals surface area contributed by atoms with Crippen LogP contribution in [0.2, 0.25) is 0 Å². The number of anilines is 1. The average molecular weight is 312 g/mol. The van der Waals surface area contributed by atoms with Crippen LogP contribution in [0.1, 0.15) is 23.6 Å². The van der Waals surface area contributed by atoms with Crippen LogP contribution < -0.4 is 9.64 Å². The monoisotopic (exact) mass is 312 g/mol. The summed E-state index contributed by atoms with van der Waals surface area (Å²) in [6.07, 6.45) is -0.00447. The molecule has 0 bridgehead atoms. The molecule has 1 N–H and O–H groups in total. The summed E-state index contributed by atoms with van der Waals surface area (Å²) in [4.78, 5) is 1.89. The van der Waals surface area contributed by atoms with Crippen molar-refractivity contribution in [2.75, 3.05) is 18.6 Å². The number of ether oxygens (including phenoxy) is 1. The van der Waals surface area contributed by atoms with Crippen molar-refractivity contribution in [2.24, 2.45) is 0 Å². The maximum absolute atomic E-state index is 13.9. The highest BCUT2D eigenvalue weighted by Gasteiger charge is 2.34. The second kappa shape index (κ2) is 6.27. The quantitative estimate of drug-likeness (QED) is 0.946. The van der Waals surface area contributed by atoms with Gasteiger partial charge in [0.15, 0.2) is 0 Å². The zero-order chi connectivity index (χ0) is 16.4. The molecule has 1 aliphatic rings. The van der Waals surface area contributed by atoms with E-state index in [2.05, 4.69) is 0 Å². The molecule has 23 heavy (non-hydrogen) atoms. The standard InChI is InChI=1S/C18H17FN2O2/c1-23-14-5-2-4-12(8-14)18-9-13(22)11-21(18)17-7-3-6-16(19)15(17)10-20/h2-8,13,18,22H,9,11H2,1H3/t13-,18+/m1/s1. The van der Waals surface area contributed by atoms with E-state index in [1.54, 1.807) is 19.2 Å². The molecule has 0 spiro atoms. The van der Waals surface area contributed by atoms with Gasteiger partial charge in [0.1, 0.15) is 23.2 Å². The van der Waals surface area contributed by atoms with Crippen molar-refractivity contribution in [1.29, 1.82) is 5.26 Å². The summed E-state index contributed by atoms with van der Waals surface area (Å²) in [7, 11) is 1.60. The lowest BCUT2D eigenvalue weighted by Crippen LogP contribution is -2.25. The van der Waals surface area contributed by atoms with Gasteiger partial charge >= 0.3 is 0 Å². The second-order valence-electron chi connectivity index (χ2n) is 5.58. The third-order valence-electron chi connectivity index (χ3n) is 4.17. The van der Waals surface area contributed by atoms with E-state index >= 15 is 0 Å². The first-order chi connectivity index (χ1) is 11.1. The molecule has 5 heteroatoms. The predicted octanol–water partition coefficient (Wildman–Crippen LogP) is 3.02. The lowest BCUT2D eigenvalue weighted by atomic mass is 10.0. The first-order valence-corrected chi connectivity index (χ1v) is 7.41. The zero-order valence-corrected chi connectivity index (χ0v) is 12.7. The average Bonchev–Trinajstić information content (AvgIpc) is 2.96. The molecule has 1 fully saturated rings. The van der Waals surface area contributed by atoms with Gasteiger partial charge in [-0.05, 0) is 36.2 Å². The zero-order valence-electron chi connectivity index (χ0n) is 12.7. The van der Waals surface area contributed by atoms with Crippen molar-refractivity contribution in [2.45, 2.75) is 18.6 Å². The molecule has 0 aromatic heterocycles. The number of benzene rings is 2. The Hall–Kier alpha value is -2.58. The van der Waals surface area contributed by atoms with Crippen molar-refractivity contribution < 1.29 is 14.2 Å². The Kier molecular flexibility index (Phi) is 4.18. The minimum absolute atomic E-state index is 0.00879. The van der Waals surface area contributed by atoms with E-state index in [0.717, 1.165) is 11.3 Å². The van der Waals surface area contributed by atoms with E-state index in [9.17, 15) is 14.8 Å². The number of hydrogen-bond acceptors (Lipinski definition) is 4. The fourth-order valence-electron chi connectivity index (χ4n) is 3.11. The molecule has 1 saturated heterocycles. The van der Waals surface area contributed by atoms with E-state index in [1.807, 2.05) is 35.2 Å². The lowest BCUT2D eigenvalue weighted by molar-refractivity contribution is 0.194. The van der Waals surface area contributed by atoms with E-state index in [4.69, 9.17) is 4.74 Å². The normalized spacial score (nSPS) is 20.3. The van der Waals surface area contributed by atoms with Gasteiger partial charge in [-0.1, -0.05) is 18.2 Å². The van der Waals surface area contributed by atoms with Gasteiger partial charge in [0.25, 0.3) is 0 Å². The molecule has 118 valence electrons. The molecule has 1 aliphatic heterocycles. The first-order valence-electron chi connectivity index (χ1n) is 7.41. The SMILES string of the molecule is COc1cccc([C@@H]2C[C@@H](O)CN2c2cccc(F)c2C#N)c1. The highest BCUT2D eigenvalue weighted by molar-refractivity contribution is 5.62. The molecule has 0 amide bonds. The lowest BCUT2D eigenvalue weighted by Gasteiger charge is -2.28. The highest BCUT2D eigenvalue weighted by atomic mass is 19.1. The molecule has 2 aromatic rings. The largest absolute Gasteiger partial charge is 0.497 e. The van der Waals surface area contributed by atoms with E-state index in [1.165, 1.54) is 6.07 Å². The molecule has 4 nitrogen and oxygen atoms in total. The first kappa shape index (κ1) is 15.3. The highest BCUT2D eigenvalue weighted by Crippen LogP contribution is 2.39. The molecule has 2 atom stereocenters. The maximum Gasteiger partial charge on any atom is 0.143 e. The summed E-state index contributed by atoms with van der Waals surface area (Å²) in [5.74, 6) is 0.180. The molecule has 0 unspecified atom stereocenters. The number of rotatable bonds is 3. The van der Waals surface area contributed by atoms with Crippen LogP contribution in [0.15, 0.2) is 42.5 Å². The van der Waals surface area contributed by atoms with Crippen LogP contribution in [0.4, 0.5) is 10.1 Å². The van der Waals surface area contributed by atoms with Crippen molar-refractivity contribution in [3.8, 4) is 11.8 Å². The predicted molar refractivity (Wildman–Crippen MR) is 84.8 cm³/mol. The third-order valence-corrected chi connectivity index (χ3v) is 4.17. The molecule has 0 radical (unpaired) electrons. The van der Waals surface area contributed by atoms with Crippen LogP contribution in [-0.4, -0.2) is 24.9 Å². The van der Waals surface area contributed by atoms with Crippen molar-refractivity contribution in [3.05, 3.63) is 59.4 Å². The number of aliphatic hydroxyl groups excluding tert-OH is 1. The number of nitrogens with zero attached hydrogens (tertiary/aromatic N) is 2. The molecular weight excluding hydrogens is 295 g/mol. The smallest absolute Gasteiger partial charge is 0.143 e. The van der Waals surface area contributed by atoms with Gasteiger partial charge in [-0.3, -0.25) is 0 Å². The summed E-state index contributed by atoms with van der Waals surface area (Å²) in [6, 6.07) is 14.0. The third kappa shape index (κ3) is 2.86. The van der Waals surface area contributed by atoms with Gasteiger partial charge in [-0.25, -0.2) is 4.39 Å². The number of hydrogen-bond donors (Lipinski definition) is 1. The second-order valence-corrected chi connectivity index (χ2v) is 5.58. The van der Waals surface area contributed by atoms with E-state index in [0.29, 0.717) is 18.7 Å². The minimum atomic E-state index is -0.546. The Bertz CT molecular complexity index is 757. The Morgan fingerprint density at radius 3 is 2.83 bits per heavy atom. The number of aliphatic hydroxyl groups is 1. The van der Waals surface area contributed by atoms with E-state index in [-0.39, 0.29) is 11.6 Å². The van der Waals surface area contributed by atoms with Crippen molar-refractivity contribution >= 4 is 5.69 Å². The Balaban J connectivity index is 2.04. The van der Waals surface area contributed by atoms with E-state index < -0.39 is 11.9 Å². The summed E-state index contributed by atoms with van der Waals surface area (Å²) < 4.78 is 19.2. The fraction of sp³-hybridized carbons (Fsp3) is 0.278. The topological polar surface area (TPSA) is 56.5 Å². The van der Waals surface area contributed by atoms with Gasteiger partial charge < -0.3 is 14.7 Å². The van der Waals surface area contributed by atoms with Crippen LogP contribution in [0, 0.1) is 17.1 Å². The Morgan fingerprint density at radius 1 is 1.30 bits per heavy atom. The molecule has 0 aliphatic carbocycles. The van der Waals surface area contributed by atoms with Crippen LogP contribution >= 0.6 is 0 Å². The van der Waals surface area contributed by atoms with Gasteiger partial charge in [0.2, 0.25) is 0 Å². The Morgan fingerprint density at radius 2 is 2.09 bits per heavy atom. The molecular formula is C18H17FN2O2. The summed E-state index contributed by atoms with van der Waals surface area (Å²) in [5, 5.41) is 19.4. The molecule has 3 rings (SSSR count). The van der Waals surface area contributed by atoms with Crippen LogP contribution in [0.3, 0.4) is 0 Å². The maximum atomic E-state index is 13.9. The van der Waals surface area contributed by atoms with Crippen LogP contribution in [0.5, 0.6) is 5.75 Å². The number of halogens is 1. The van der Waals surface area contributed by atoms with Crippen molar-refractivity contribution in [1.82, 2.24) is 0 Å². The van der Waals surface area contributed by atoms with Gasteiger partial charge in [-0.15, -0.1) is 0 Å². The summed E-state index contributed by atoms with van der Waals surface area (Å²) in [5.41, 5.74) is 1.49. The molecule has 2 aromatic carbocycles. The summed E-state index contributed by atoms with van der Waals surface area (Å²) in [6.45, 7) is 0.361. The number of methoxy groups -OCH3 is 1. The van der Waals surface area contributed by atoms with Gasteiger partial charge in [0.05, 0.1) is 24.9 Å². The Labute approximate surface area is 134 Å². The number of β-amino-alcohol motifs (C(OH)–C–C–N with tert-alkyl or cyclic N) is 1. The van der Waals surface area contributed by atoms with Gasteiger partial charge in [0, 0.05) is 6.54 Å². The fourth-order valence-corrected chi connectivity index (χ4v) is 3.11. The van der Waals surface area contributed by atoms with Crippen molar-refractivity contribution in [3.63, 3.8) is 0 Å². The minimum Gasteiger partial charge on any atom is -0.497 e. The number of nitriles is 1. The van der Waals surface area contributed by atoms with Crippen LogP contribution in [-0.2, 0) is 0 Å².